The predicted molar refractivity (Wildman–Crippen MR) is 66.4 cm³/mol. The Morgan fingerprint density at radius 3 is 2.40 bits per heavy atom. The van der Waals surface area contributed by atoms with E-state index < -0.39 is 0 Å². The van der Waals surface area contributed by atoms with Crippen LogP contribution in [0.4, 0.5) is 0 Å². The van der Waals surface area contributed by atoms with Gasteiger partial charge in [0.2, 0.25) is 0 Å². The molecule has 1 aromatic rings. The monoisotopic (exact) mass is 202 g/mol. The predicted octanol–water partition coefficient (Wildman–Crippen LogP) is 4.38. The average Bonchev–Trinajstić information content (AvgIpc) is 2.16. The second-order valence-electron chi connectivity index (χ2n) is 5.85. The number of hydrogen-bond donors (Lipinski definition) is 0. The highest BCUT2D eigenvalue weighted by molar-refractivity contribution is 5.41. The van der Waals surface area contributed by atoms with Gasteiger partial charge >= 0.3 is 0 Å². The SMILES string of the molecule is Cc1cc2c(cc1C)C(C)C(C)(C)CC2. The lowest BCUT2D eigenvalue weighted by atomic mass is 9.66. The van der Waals surface area contributed by atoms with Crippen LogP contribution in [0.5, 0.6) is 0 Å². The molecule has 1 atom stereocenters. The van der Waals surface area contributed by atoms with Crippen molar-refractivity contribution in [1.82, 2.24) is 0 Å². The van der Waals surface area contributed by atoms with E-state index in [1.807, 2.05) is 0 Å². The Bertz CT molecular complexity index is 385. The number of fused-ring (bicyclic) bond motifs is 1. The Morgan fingerprint density at radius 1 is 1.13 bits per heavy atom. The maximum absolute atomic E-state index is 2.41. The van der Waals surface area contributed by atoms with Gasteiger partial charge < -0.3 is 0 Å². The second kappa shape index (κ2) is 3.37. The minimum absolute atomic E-state index is 0.467. The minimum atomic E-state index is 0.467. The lowest BCUT2D eigenvalue weighted by Crippen LogP contribution is -2.26. The summed E-state index contributed by atoms with van der Waals surface area (Å²) in [6.07, 6.45) is 2.58. The maximum Gasteiger partial charge on any atom is -0.0136 e. The molecule has 0 aliphatic heterocycles. The topological polar surface area (TPSA) is 0 Å². The van der Waals surface area contributed by atoms with Gasteiger partial charge in [0.25, 0.3) is 0 Å². The van der Waals surface area contributed by atoms with Gasteiger partial charge in [-0.1, -0.05) is 32.9 Å². The van der Waals surface area contributed by atoms with Crippen LogP contribution in [0.3, 0.4) is 0 Å². The first-order valence-electron chi connectivity index (χ1n) is 6.02. The molecule has 0 saturated carbocycles. The fourth-order valence-electron chi connectivity index (χ4n) is 2.61. The molecule has 0 spiro atoms. The van der Waals surface area contributed by atoms with Crippen molar-refractivity contribution in [2.75, 3.05) is 0 Å². The fourth-order valence-corrected chi connectivity index (χ4v) is 2.61. The minimum Gasteiger partial charge on any atom is -0.0593 e. The van der Waals surface area contributed by atoms with Crippen LogP contribution < -0.4 is 0 Å². The molecule has 1 aromatic carbocycles. The van der Waals surface area contributed by atoms with Crippen LogP contribution in [0.15, 0.2) is 12.1 Å². The molecule has 15 heavy (non-hydrogen) atoms. The molecule has 0 aromatic heterocycles. The largest absolute Gasteiger partial charge is 0.0593 e. The van der Waals surface area contributed by atoms with E-state index in [9.17, 15) is 0 Å². The standard InChI is InChI=1S/C15H22/c1-10-8-13-6-7-15(4,5)12(3)14(13)9-11(10)2/h8-9,12H,6-7H2,1-5H3. The molecule has 0 N–H and O–H groups in total. The van der Waals surface area contributed by atoms with Crippen LogP contribution in [0.2, 0.25) is 0 Å². The highest BCUT2D eigenvalue weighted by Gasteiger charge is 2.32. The summed E-state index contributed by atoms with van der Waals surface area (Å²) in [5.74, 6) is 0.695. The first-order chi connectivity index (χ1) is 6.92. The highest BCUT2D eigenvalue weighted by Crippen LogP contribution is 2.45. The van der Waals surface area contributed by atoms with Crippen molar-refractivity contribution in [3.05, 3.63) is 34.4 Å². The third kappa shape index (κ3) is 1.71. The van der Waals surface area contributed by atoms with Gasteiger partial charge in [-0.15, -0.1) is 0 Å². The second-order valence-corrected chi connectivity index (χ2v) is 5.85. The fraction of sp³-hybridized carbons (Fsp3) is 0.600. The summed E-state index contributed by atoms with van der Waals surface area (Å²) in [4.78, 5) is 0. The lowest BCUT2D eigenvalue weighted by Gasteiger charge is -2.38. The van der Waals surface area contributed by atoms with Crippen molar-refractivity contribution in [3.63, 3.8) is 0 Å². The van der Waals surface area contributed by atoms with Crippen molar-refractivity contribution in [2.45, 2.75) is 53.4 Å². The third-order valence-corrected chi connectivity index (χ3v) is 4.43. The van der Waals surface area contributed by atoms with Gasteiger partial charge in [0, 0.05) is 0 Å². The summed E-state index contributed by atoms with van der Waals surface area (Å²) in [6.45, 7) is 11.6. The lowest BCUT2D eigenvalue weighted by molar-refractivity contribution is 0.259. The van der Waals surface area contributed by atoms with E-state index >= 15 is 0 Å². The van der Waals surface area contributed by atoms with Gasteiger partial charge in [0.05, 0.1) is 0 Å². The van der Waals surface area contributed by atoms with Crippen molar-refractivity contribution in [2.24, 2.45) is 5.41 Å². The summed E-state index contributed by atoms with van der Waals surface area (Å²) < 4.78 is 0. The zero-order valence-electron chi connectivity index (χ0n) is 10.6. The van der Waals surface area contributed by atoms with E-state index in [0.717, 1.165) is 0 Å². The summed E-state index contributed by atoms with van der Waals surface area (Å²) in [6, 6.07) is 4.81. The molecule has 82 valence electrons. The van der Waals surface area contributed by atoms with Gasteiger partial charge in [-0.25, -0.2) is 0 Å². The molecule has 0 radical (unpaired) electrons. The van der Waals surface area contributed by atoms with Gasteiger partial charge in [-0.3, -0.25) is 0 Å². The Labute approximate surface area is 93.7 Å². The highest BCUT2D eigenvalue weighted by atomic mass is 14.4. The quantitative estimate of drug-likeness (QED) is 0.585. The Hall–Kier alpha value is -0.780. The first kappa shape index (κ1) is 10.7. The zero-order chi connectivity index (χ0) is 11.2. The van der Waals surface area contributed by atoms with Gasteiger partial charge in [-0.2, -0.15) is 0 Å². The molecule has 0 heteroatoms. The van der Waals surface area contributed by atoms with E-state index in [-0.39, 0.29) is 0 Å². The third-order valence-electron chi connectivity index (χ3n) is 4.43. The van der Waals surface area contributed by atoms with E-state index in [1.54, 1.807) is 11.1 Å². The molecule has 1 aliphatic carbocycles. The smallest absolute Gasteiger partial charge is 0.0136 e. The van der Waals surface area contributed by atoms with Crippen LogP contribution >= 0.6 is 0 Å². The molecule has 0 saturated heterocycles. The van der Waals surface area contributed by atoms with Crippen LogP contribution in [-0.4, -0.2) is 0 Å². The van der Waals surface area contributed by atoms with Crippen LogP contribution in [0, 0.1) is 19.3 Å². The van der Waals surface area contributed by atoms with E-state index in [1.165, 1.54) is 24.0 Å². The average molecular weight is 202 g/mol. The molecule has 0 amide bonds. The van der Waals surface area contributed by atoms with E-state index in [0.29, 0.717) is 11.3 Å². The molecule has 0 bridgehead atoms. The Morgan fingerprint density at radius 2 is 1.73 bits per heavy atom. The van der Waals surface area contributed by atoms with Crippen molar-refractivity contribution < 1.29 is 0 Å². The number of aryl methyl sites for hydroxylation is 3. The molecule has 1 unspecified atom stereocenters. The summed E-state index contributed by atoms with van der Waals surface area (Å²) >= 11 is 0. The van der Waals surface area contributed by atoms with Crippen molar-refractivity contribution in [1.29, 1.82) is 0 Å². The van der Waals surface area contributed by atoms with Crippen molar-refractivity contribution in [3.8, 4) is 0 Å². The normalized spacial score (nSPS) is 23.7. The Balaban J connectivity index is 2.52. The molecule has 0 heterocycles. The first-order valence-corrected chi connectivity index (χ1v) is 6.02. The summed E-state index contributed by atoms with van der Waals surface area (Å²) in [5.41, 5.74) is 6.53. The number of rotatable bonds is 0. The van der Waals surface area contributed by atoms with Crippen LogP contribution in [-0.2, 0) is 6.42 Å². The summed E-state index contributed by atoms with van der Waals surface area (Å²) in [5, 5.41) is 0. The van der Waals surface area contributed by atoms with Gasteiger partial charge in [0.1, 0.15) is 0 Å². The van der Waals surface area contributed by atoms with E-state index in [4.69, 9.17) is 0 Å². The molecular formula is C15H22. The summed E-state index contributed by atoms with van der Waals surface area (Å²) in [7, 11) is 0. The molecule has 1 aliphatic rings. The van der Waals surface area contributed by atoms with E-state index in [2.05, 4.69) is 46.8 Å². The zero-order valence-corrected chi connectivity index (χ0v) is 10.6. The Kier molecular flexibility index (Phi) is 2.41. The van der Waals surface area contributed by atoms with Crippen LogP contribution in [0.25, 0.3) is 0 Å². The van der Waals surface area contributed by atoms with Crippen LogP contribution in [0.1, 0.15) is 55.4 Å². The van der Waals surface area contributed by atoms with Crippen molar-refractivity contribution >= 4 is 0 Å². The molecule has 2 rings (SSSR count). The number of hydrogen-bond acceptors (Lipinski definition) is 0. The van der Waals surface area contributed by atoms with Gasteiger partial charge in [0.15, 0.2) is 0 Å². The number of benzene rings is 1. The molecule has 0 nitrogen and oxygen atoms in total. The molecule has 0 fully saturated rings. The van der Waals surface area contributed by atoms with Gasteiger partial charge in [-0.05, 0) is 60.3 Å². The maximum atomic E-state index is 2.41. The molecular weight excluding hydrogens is 180 g/mol.